The van der Waals surface area contributed by atoms with Crippen molar-refractivity contribution in [2.45, 2.75) is 38.6 Å². The molecule has 0 bridgehead atoms. The largest absolute Gasteiger partial charge is 0.396 e. The molecule has 84 valence electrons. The third kappa shape index (κ3) is 3.33. The van der Waals surface area contributed by atoms with Crippen molar-refractivity contribution in [3.05, 3.63) is 35.4 Å². The van der Waals surface area contributed by atoms with Gasteiger partial charge in [-0.3, -0.25) is 0 Å². The van der Waals surface area contributed by atoms with E-state index in [1.54, 1.807) is 0 Å². The second-order valence-corrected chi connectivity index (χ2v) is 4.99. The Balaban J connectivity index is 2.81. The summed E-state index contributed by atoms with van der Waals surface area (Å²) in [6, 6.07) is 8.30. The van der Waals surface area contributed by atoms with E-state index >= 15 is 0 Å². The van der Waals surface area contributed by atoms with Crippen LogP contribution in [0.1, 0.15) is 44.4 Å². The quantitative estimate of drug-likeness (QED) is 0.799. The van der Waals surface area contributed by atoms with Gasteiger partial charge in [-0.25, -0.2) is 0 Å². The van der Waals surface area contributed by atoms with E-state index in [0.717, 1.165) is 5.56 Å². The van der Waals surface area contributed by atoms with Crippen molar-refractivity contribution in [1.82, 2.24) is 0 Å². The highest BCUT2D eigenvalue weighted by atomic mass is 16.3. The van der Waals surface area contributed by atoms with Crippen LogP contribution in [0.25, 0.3) is 0 Å². The molecule has 0 radical (unpaired) electrons. The molecule has 1 atom stereocenters. The van der Waals surface area contributed by atoms with Crippen LogP contribution in [-0.2, 0) is 5.41 Å². The molecular formula is C13H21NO. The minimum atomic E-state index is -0.0518. The summed E-state index contributed by atoms with van der Waals surface area (Å²) in [4.78, 5) is 0. The molecule has 0 unspecified atom stereocenters. The van der Waals surface area contributed by atoms with Crippen LogP contribution in [0.3, 0.4) is 0 Å². The molecule has 0 aromatic heterocycles. The van der Waals surface area contributed by atoms with E-state index < -0.39 is 0 Å². The van der Waals surface area contributed by atoms with Crippen LogP contribution in [0.5, 0.6) is 0 Å². The summed E-state index contributed by atoms with van der Waals surface area (Å²) in [5.41, 5.74) is 8.49. The standard InChI is InChI=1S/C13H21NO/c1-13(2,3)11-6-4-10(5-7-11)12(14)8-9-15/h4-7,12,15H,8-9,14H2,1-3H3/t12-/m0/s1. The Morgan fingerprint density at radius 2 is 1.73 bits per heavy atom. The maximum absolute atomic E-state index is 8.80. The molecule has 0 saturated heterocycles. The summed E-state index contributed by atoms with van der Waals surface area (Å²) in [6.07, 6.45) is 0.620. The van der Waals surface area contributed by atoms with Crippen LogP contribution < -0.4 is 5.73 Å². The molecule has 1 rings (SSSR count). The number of hydrogen-bond acceptors (Lipinski definition) is 2. The lowest BCUT2D eigenvalue weighted by atomic mass is 9.86. The zero-order valence-electron chi connectivity index (χ0n) is 9.83. The Bertz CT molecular complexity index is 297. The molecule has 0 amide bonds. The second kappa shape index (κ2) is 4.77. The van der Waals surface area contributed by atoms with E-state index in [2.05, 4.69) is 45.0 Å². The fourth-order valence-corrected chi connectivity index (χ4v) is 1.54. The summed E-state index contributed by atoms with van der Waals surface area (Å²) < 4.78 is 0. The molecule has 1 aromatic carbocycles. The van der Waals surface area contributed by atoms with Crippen molar-refractivity contribution in [3.63, 3.8) is 0 Å². The Morgan fingerprint density at radius 3 is 2.13 bits per heavy atom. The average Bonchev–Trinajstić information content (AvgIpc) is 2.17. The molecular weight excluding hydrogens is 186 g/mol. The second-order valence-electron chi connectivity index (χ2n) is 4.99. The SMILES string of the molecule is CC(C)(C)c1ccc([C@@H](N)CCO)cc1. The van der Waals surface area contributed by atoms with Crippen LogP contribution in [-0.4, -0.2) is 11.7 Å². The normalized spacial score (nSPS) is 13.9. The van der Waals surface area contributed by atoms with E-state index in [0.29, 0.717) is 6.42 Å². The van der Waals surface area contributed by atoms with Gasteiger partial charge in [0, 0.05) is 12.6 Å². The number of aliphatic hydroxyl groups excluding tert-OH is 1. The van der Waals surface area contributed by atoms with E-state index in [9.17, 15) is 0 Å². The number of rotatable bonds is 3. The van der Waals surface area contributed by atoms with Crippen molar-refractivity contribution in [3.8, 4) is 0 Å². The van der Waals surface area contributed by atoms with Gasteiger partial charge in [0.05, 0.1) is 0 Å². The molecule has 0 fully saturated rings. The van der Waals surface area contributed by atoms with Crippen molar-refractivity contribution in [2.24, 2.45) is 5.73 Å². The summed E-state index contributed by atoms with van der Waals surface area (Å²) >= 11 is 0. The van der Waals surface area contributed by atoms with Gasteiger partial charge >= 0.3 is 0 Å². The molecule has 0 spiro atoms. The summed E-state index contributed by atoms with van der Waals surface area (Å²) in [6.45, 7) is 6.71. The van der Waals surface area contributed by atoms with Gasteiger partial charge in [-0.15, -0.1) is 0 Å². The molecule has 15 heavy (non-hydrogen) atoms. The highest BCUT2D eigenvalue weighted by Crippen LogP contribution is 2.23. The van der Waals surface area contributed by atoms with E-state index in [-0.39, 0.29) is 18.1 Å². The minimum Gasteiger partial charge on any atom is -0.396 e. The zero-order chi connectivity index (χ0) is 11.5. The van der Waals surface area contributed by atoms with Crippen LogP contribution in [0, 0.1) is 0 Å². The smallest absolute Gasteiger partial charge is 0.0449 e. The molecule has 2 nitrogen and oxygen atoms in total. The number of hydrogen-bond donors (Lipinski definition) is 2. The van der Waals surface area contributed by atoms with E-state index in [1.165, 1.54) is 5.56 Å². The Kier molecular flexibility index (Phi) is 3.89. The van der Waals surface area contributed by atoms with Crippen molar-refractivity contribution in [1.29, 1.82) is 0 Å². The predicted molar refractivity (Wildman–Crippen MR) is 63.8 cm³/mol. The maximum Gasteiger partial charge on any atom is 0.0449 e. The Hall–Kier alpha value is -0.860. The first-order valence-corrected chi connectivity index (χ1v) is 5.42. The lowest BCUT2D eigenvalue weighted by Crippen LogP contribution is -2.14. The first-order valence-electron chi connectivity index (χ1n) is 5.42. The van der Waals surface area contributed by atoms with Crippen molar-refractivity contribution >= 4 is 0 Å². The topological polar surface area (TPSA) is 46.2 Å². The molecule has 0 aliphatic rings. The van der Waals surface area contributed by atoms with Gasteiger partial charge in [0.15, 0.2) is 0 Å². The number of benzene rings is 1. The van der Waals surface area contributed by atoms with Crippen LogP contribution in [0.4, 0.5) is 0 Å². The summed E-state index contributed by atoms with van der Waals surface area (Å²) in [5, 5.41) is 8.80. The average molecular weight is 207 g/mol. The zero-order valence-corrected chi connectivity index (χ0v) is 9.83. The third-order valence-corrected chi connectivity index (χ3v) is 2.64. The molecule has 0 heterocycles. The van der Waals surface area contributed by atoms with Crippen molar-refractivity contribution in [2.75, 3.05) is 6.61 Å². The van der Waals surface area contributed by atoms with E-state index in [4.69, 9.17) is 10.8 Å². The van der Waals surface area contributed by atoms with Gasteiger partial charge in [-0.05, 0) is 23.0 Å². The van der Waals surface area contributed by atoms with Gasteiger partial charge in [0.2, 0.25) is 0 Å². The first kappa shape index (κ1) is 12.2. The monoisotopic (exact) mass is 207 g/mol. The van der Waals surface area contributed by atoms with Crippen molar-refractivity contribution < 1.29 is 5.11 Å². The van der Waals surface area contributed by atoms with Gasteiger partial charge in [0.1, 0.15) is 0 Å². The van der Waals surface area contributed by atoms with Gasteiger partial charge in [-0.1, -0.05) is 45.0 Å². The lowest BCUT2D eigenvalue weighted by molar-refractivity contribution is 0.276. The van der Waals surface area contributed by atoms with Gasteiger partial charge in [0.25, 0.3) is 0 Å². The molecule has 0 saturated carbocycles. The predicted octanol–water partition coefficient (Wildman–Crippen LogP) is 2.37. The maximum atomic E-state index is 8.80. The third-order valence-electron chi connectivity index (χ3n) is 2.64. The van der Waals surface area contributed by atoms with Crippen LogP contribution in [0.15, 0.2) is 24.3 Å². The highest BCUT2D eigenvalue weighted by molar-refractivity contribution is 5.29. The number of nitrogens with two attached hydrogens (primary N) is 1. The summed E-state index contributed by atoms with van der Waals surface area (Å²) in [5.74, 6) is 0. The highest BCUT2D eigenvalue weighted by Gasteiger charge is 2.13. The molecule has 0 aliphatic heterocycles. The van der Waals surface area contributed by atoms with Crippen LogP contribution >= 0.6 is 0 Å². The van der Waals surface area contributed by atoms with Crippen LogP contribution in [0.2, 0.25) is 0 Å². The molecule has 0 aliphatic carbocycles. The molecule has 1 aromatic rings. The van der Waals surface area contributed by atoms with Gasteiger partial charge in [-0.2, -0.15) is 0 Å². The van der Waals surface area contributed by atoms with E-state index in [1.807, 2.05) is 0 Å². The Labute approximate surface area is 92.1 Å². The number of aliphatic hydroxyl groups is 1. The lowest BCUT2D eigenvalue weighted by Gasteiger charge is -2.20. The fourth-order valence-electron chi connectivity index (χ4n) is 1.54. The molecule has 2 heteroatoms. The minimum absolute atomic E-state index is 0.0518. The molecule has 3 N–H and O–H groups in total. The van der Waals surface area contributed by atoms with Gasteiger partial charge < -0.3 is 10.8 Å². The fraction of sp³-hybridized carbons (Fsp3) is 0.538. The first-order chi connectivity index (χ1) is 6.95. The Morgan fingerprint density at radius 1 is 1.20 bits per heavy atom. The summed E-state index contributed by atoms with van der Waals surface area (Å²) in [7, 11) is 0.